The van der Waals surface area contributed by atoms with E-state index in [9.17, 15) is 18.0 Å². The maximum Gasteiger partial charge on any atom is 0.573 e. The maximum absolute atomic E-state index is 12.0. The van der Waals surface area contributed by atoms with Crippen molar-refractivity contribution >= 4 is 17.8 Å². The van der Waals surface area contributed by atoms with E-state index in [0.29, 0.717) is 6.21 Å². The second kappa shape index (κ2) is 5.19. The van der Waals surface area contributed by atoms with E-state index < -0.39 is 18.0 Å². The summed E-state index contributed by atoms with van der Waals surface area (Å²) < 4.78 is 39.7. The van der Waals surface area contributed by atoms with Crippen LogP contribution in [0.5, 0.6) is 5.75 Å². The molecule has 0 spiro atoms. The van der Waals surface area contributed by atoms with Gasteiger partial charge in [-0.1, -0.05) is 17.3 Å². The predicted octanol–water partition coefficient (Wildman–Crippen LogP) is 1.98. The first kappa shape index (κ1) is 12.8. The quantitative estimate of drug-likeness (QED) is 0.488. The topological polar surface area (TPSA) is 70.9 Å². The van der Waals surface area contributed by atoms with Gasteiger partial charge in [0, 0.05) is 0 Å². The molecule has 0 bridgehead atoms. The van der Waals surface area contributed by atoms with Gasteiger partial charge in [-0.05, 0) is 12.1 Å². The Morgan fingerprint density at radius 1 is 1.41 bits per heavy atom. The molecule has 2 N–H and O–H groups in total. The van der Waals surface area contributed by atoms with E-state index in [1.807, 2.05) is 0 Å². The summed E-state index contributed by atoms with van der Waals surface area (Å²) in [4.78, 5) is 11.0. The minimum absolute atomic E-state index is 0.185. The van der Waals surface area contributed by atoms with Crippen LogP contribution in [0.3, 0.4) is 0 Å². The molecule has 0 unspecified atom stereocenters. The van der Waals surface area contributed by atoms with E-state index in [-0.39, 0.29) is 5.69 Å². The molecule has 0 saturated carbocycles. The Kier molecular flexibility index (Phi) is 3.91. The summed E-state index contributed by atoms with van der Waals surface area (Å²) in [7, 11) is 0. The van der Waals surface area contributed by atoms with Gasteiger partial charge in [0.05, 0.1) is 5.69 Å². The van der Waals surface area contributed by atoms with Gasteiger partial charge in [-0.25, -0.2) is 0 Å². The number of nitrogens with zero attached hydrogens (tertiary/aromatic N) is 1. The number of ether oxygens (including phenoxy) is 1. The second-order valence-electron chi connectivity index (χ2n) is 2.78. The zero-order valence-electron chi connectivity index (χ0n) is 8.23. The third-order valence-corrected chi connectivity index (χ3v) is 1.55. The Balaban J connectivity index is 2.88. The molecule has 0 radical (unpaired) electrons. The fourth-order valence-electron chi connectivity index (χ4n) is 1.00. The Morgan fingerprint density at radius 3 is 2.65 bits per heavy atom. The standard InChI is InChI=1S/C9H7F3N2O3/c10-9(11,12)17-7-4-2-1-3-6(7)14-8(15)5-13-16/h1-5,16H,(H,14,15)/b13-5+. The number of benzene rings is 1. The highest BCUT2D eigenvalue weighted by atomic mass is 19.4. The number of nitrogens with one attached hydrogen (secondary N) is 1. The molecule has 1 rings (SSSR count). The Labute approximate surface area is 93.5 Å². The molecular formula is C9H7F3N2O3. The lowest BCUT2D eigenvalue weighted by Gasteiger charge is -2.12. The fraction of sp³-hybridized carbons (Fsp3) is 0.111. The number of hydrogen-bond donors (Lipinski definition) is 2. The molecule has 1 amide bonds. The van der Waals surface area contributed by atoms with Crippen molar-refractivity contribution in [1.29, 1.82) is 0 Å². The van der Waals surface area contributed by atoms with Crippen LogP contribution in [0.15, 0.2) is 29.4 Å². The van der Waals surface area contributed by atoms with Gasteiger partial charge in [-0.15, -0.1) is 13.2 Å². The van der Waals surface area contributed by atoms with Gasteiger partial charge in [-0.3, -0.25) is 4.79 Å². The molecule has 0 atom stereocenters. The molecule has 8 heteroatoms. The number of oxime groups is 1. The lowest BCUT2D eigenvalue weighted by Crippen LogP contribution is -2.19. The van der Waals surface area contributed by atoms with Crippen molar-refractivity contribution in [2.24, 2.45) is 5.16 Å². The molecule has 0 aliphatic rings. The monoisotopic (exact) mass is 248 g/mol. The third kappa shape index (κ3) is 4.41. The van der Waals surface area contributed by atoms with Crippen LogP contribution in [0, 0.1) is 0 Å². The molecule has 0 aromatic heterocycles. The Hall–Kier alpha value is -2.25. The van der Waals surface area contributed by atoms with Crippen molar-refractivity contribution in [3.05, 3.63) is 24.3 Å². The van der Waals surface area contributed by atoms with Gasteiger partial charge < -0.3 is 15.3 Å². The van der Waals surface area contributed by atoms with Crippen molar-refractivity contribution in [2.75, 3.05) is 5.32 Å². The van der Waals surface area contributed by atoms with E-state index in [0.717, 1.165) is 6.07 Å². The highest BCUT2D eigenvalue weighted by molar-refractivity contribution is 6.31. The molecular weight excluding hydrogens is 241 g/mol. The summed E-state index contributed by atoms with van der Waals surface area (Å²) in [6.07, 6.45) is -4.35. The van der Waals surface area contributed by atoms with Crippen molar-refractivity contribution in [2.45, 2.75) is 6.36 Å². The third-order valence-electron chi connectivity index (χ3n) is 1.55. The van der Waals surface area contributed by atoms with Crippen LogP contribution >= 0.6 is 0 Å². The number of alkyl halides is 3. The molecule has 5 nitrogen and oxygen atoms in total. The van der Waals surface area contributed by atoms with Crippen LogP contribution in [-0.2, 0) is 4.79 Å². The first-order valence-corrected chi connectivity index (χ1v) is 4.25. The zero-order valence-corrected chi connectivity index (χ0v) is 8.23. The van der Waals surface area contributed by atoms with Crippen LogP contribution in [0.25, 0.3) is 0 Å². The first-order chi connectivity index (χ1) is 7.92. The van der Waals surface area contributed by atoms with Crippen LogP contribution in [0.1, 0.15) is 0 Å². The fourth-order valence-corrected chi connectivity index (χ4v) is 1.00. The summed E-state index contributed by atoms with van der Waals surface area (Å²) in [6, 6.07) is 4.98. The largest absolute Gasteiger partial charge is 0.573 e. The van der Waals surface area contributed by atoms with Crippen molar-refractivity contribution in [3.63, 3.8) is 0 Å². The van der Waals surface area contributed by atoms with Gasteiger partial charge in [0.25, 0.3) is 5.91 Å². The van der Waals surface area contributed by atoms with Gasteiger partial charge in [0.1, 0.15) is 6.21 Å². The highest BCUT2D eigenvalue weighted by Gasteiger charge is 2.32. The number of carbonyl (C=O) groups is 1. The number of rotatable bonds is 3. The number of halogens is 3. The molecule has 17 heavy (non-hydrogen) atoms. The molecule has 0 fully saturated rings. The normalized spacial score (nSPS) is 11.5. The maximum atomic E-state index is 12.0. The van der Waals surface area contributed by atoms with Crippen LogP contribution in [-0.4, -0.2) is 23.7 Å². The SMILES string of the molecule is O=C(/C=N/O)Nc1ccccc1OC(F)(F)F. The van der Waals surface area contributed by atoms with E-state index >= 15 is 0 Å². The molecule has 92 valence electrons. The molecule has 1 aromatic rings. The summed E-state index contributed by atoms with van der Waals surface area (Å²) in [5, 5.41) is 12.6. The number of para-hydroxylation sites is 2. The number of anilines is 1. The summed E-state index contributed by atoms with van der Waals surface area (Å²) in [5.41, 5.74) is -0.185. The van der Waals surface area contributed by atoms with E-state index in [1.165, 1.54) is 18.2 Å². The van der Waals surface area contributed by atoms with Crippen LogP contribution in [0.4, 0.5) is 18.9 Å². The van der Waals surface area contributed by atoms with Gasteiger partial charge in [-0.2, -0.15) is 0 Å². The van der Waals surface area contributed by atoms with Crippen molar-refractivity contribution in [3.8, 4) is 5.75 Å². The van der Waals surface area contributed by atoms with Crippen molar-refractivity contribution in [1.82, 2.24) is 0 Å². The number of hydrogen-bond acceptors (Lipinski definition) is 4. The summed E-state index contributed by atoms with van der Waals surface area (Å²) in [5.74, 6) is -1.44. The number of carbonyl (C=O) groups excluding carboxylic acids is 1. The molecule has 0 saturated heterocycles. The van der Waals surface area contributed by atoms with Gasteiger partial charge in [0.15, 0.2) is 5.75 Å². The number of amides is 1. The van der Waals surface area contributed by atoms with Gasteiger partial charge in [0.2, 0.25) is 0 Å². The predicted molar refractivity (Wildman–Crippen MR) is 52.0 cm³/mol. The first-order valence-electron chi connectivity index (χ1n) is 4.25. The average molecular weight is 248 g/mol. The Morgan fingerprint density at radius 2 is 2.06 bits per heavy atom. The Bertz CT molecular complexity index is 432. The smallest absolute Gasteiger partial charge is 0.411 e. The molecule has 1 aromatic carbocycles. The highest BCUT2D eigenvalue weighted by Crippen LogP contribution is 2.29. The van der Waals surface area contributed by atoms with Crippen LogP contribution in [0.2, 0.25) is 0 Å². The minimum atomic E-state index is -4.86. The van der Waals surface area contributed by atoms with Gasteiger partial charge >= 0.3 is 6.36 Å². The molecule has 0 aliphatic carbocycles. The lowest BCUT2D eigenvalue weighted by atomic mass is 10.3. The minimum Gasteiger partial charge on any atom is -0.411 e. The lowest BCUT2D eigenvalue weighted by molar-refractivity contribution is -0.274. The molecule has 0 heterocycles. The van der Waals surface area contributed by atoms with E-state index in [1.54, 1.807) is 0 Å². The second-order valence-corrected chi connectivity index (χ2v) is 2.78. The summed E-state index contributed by atoms with van der Waals surface area (Å²) >= 11 is 0. The average Bonchev–Trinajstić information content (AvgIpc) is 2.19. The van der Waals surface area contributed by atoms with E-state index in [2.05, 4.69) is 15.2 Å². The van der Waals surface area contributed by atoms with E-state index in [4.69, 9.17) is 5.21 Å². The van der Waals surface area contributed by atoms with Crippen molar-refractivity contribution < 1.29 is 27.9 Å². The molecule has 0 aliphatic heterocycles. The summed E-state index contributed by atoms with van der Waals surface area (Å²) in [6.45, 7) is 0. The van der Waals surface area contributed by atoms with Crippen LogP contribution < -0.4 is 10.1 Å². The zero-order chi connectivity index (χ0) is 12.9.